The third kappa shape index (κ3) is 4.72. The molecular weight excluding hydrogens is 192 g/mol. The summed E-state index contributed by atoms with van der Waals surface area (Å²) in [4.78, 5) is 4.44. The van der Waals surface area contributed by atoms with E-state index in [0.717, 1.165) is 18.7 Å². The van der Waals surface area contributed by atoms with E-state index in [1.165, 1.54) is 11.4 Å². The van der Waals surface area contributed by atoms with Crippen LogP contribution in [-0.2, 0) is 6.42 Å². The van der Waals surface area contributed by atoms with Gasteiger partial charge in [-0.25, -0.2) is 4.98 Å². The maximum atomic E-state index is 4.44. The quantitative estimate of drug-likeness (QED) is 0.776. The molecule has 0 radical (unpaired) electrons. The van der Waals surface area contributed by atoms with E-state index in [9.17, 15) is 0 Å². The zero-order valence-electron chi connectivity index (χ0n) is 9.55. The van der Waals surface area contributed by atoms with Crippen LogP contribution in [0.25, 0.3) is 0 Å². The fraction of sp³-hybridized carbons (Fsp3) is 0.727. The Kier molecular flexibility index (Phi) is 4.08. The summed E-state index contributed by atoms with van der Waals surface area (Å²) >= 11 is 1.77. The lowest BCUT2D eigenvalue weighted by atomic mass is 10.1. The molecule has 0 aliphatic heterocycles. The number of rotatable bonds is 4. The van der Waals surface area contributed by atoms with Gasteiger partial charge < -0.3 is 5.32 Å². The molecule has 14 heavy (non-hydrogen) atoms. The summed E-state index contributed by atoms with van der Waals surface area (Å²) in [6.07, 6.45) is 2.27. The molecule has 1 rings (SSSR count). The van der Waals surface area contributed by atoms with E-state index in [-0.39, 0.29) is 5.54 Å². The highest BCUT2D eigenvalue weighted by Gasteiger charge is 2.07. The highest BCUT2D eigenvalue weighted by atomic mass is 32.1. The van der Waals surface area contributed by atoms with Crippen molar-refractivity contribution in [3.8, 4) is 0 Å². The van der Waals surface area contributed by atoms with Crippen molar-refractivity contribution in [2.24, 2.45) is 0 Å². The number of hydrogen-bond acceptors (Lipinski definition) is 3. The molecule has 0 saturated heterocycles. The first kappa shape index (κ1) is 11.7. The second-order valence-electron chi connectivity index (χ2n) is 4.66. The molecule has 0 bridgehead atoms. The van der Waals surface area contributed by atoms with Crippen LogP contribution in [0.1, 0.15) is 37.9 Å². The lowest BCUT2D eigenvalue weighted by molar-refractivity contribution is 0.422. The van der Waals surface area contributed by atoms with E-state index in [4.69, 9.17) is 0 Å². The number of hydrogen-bond donors (Lipinski definition) is 1. The molecule has 0 saturated carbocycles. The van der Waals surface area contributed by atoms with Crippen molar-refractivity contribution in [3.05, 3.63) is 16.1 Å². The summed E-state index contributed by atoms with van der Waals surface area (Å²) in [5.74, 6) is 0. The van der Waals surface area contributed by atoms with Crippen molar-refractivity contribution >= 4 is 11.3 Å². The fourth-order valence-electron chi connectivity index (χ4n) is 1.22. The lowest BCUT2D eigenvalue weighted by Crippen LogP contribution is -2.36. The summed E-state index contributed by atoms with van der Waals surface area (Å²) in [6.45, 7) is 9.71. The Balaban J connectivity index is 2.16. The fourth-order valence-corrected chi connectivity index (χ4v) is 2.04. The van der Waals surface area contributed by atoms with Crippen LogP contribution in [0.15, 0.2) is 5.38 Å². The Morgan fingerprint density at radius 2 is 2.14 bits per heavy atom. The largest absolute Gasteiger partial charge is 0.312 e. The van der Waals surface area contributed by atoms with Gasteiger partial charge in [-0.2, -0.15) is 0 Å². The highest BCUT2D eigenvalue weighted by Crippen LogP contribution is 2.10. The van der Waals surface area contributed by atoms with Gasteiger partial charge in [0.2, 0.25) is 0 Å². The highest BCUT2D eigenvalue weighted by molar-refractivity contribution is 7.09. The lowest BCUT2D eigenvalue weighted by Gasteiger charge is -2.20. The van der Waals surface area contributed by atoms with Crippen LogP contribution >= 0.6 is 11.3 Å². The third-order valence-corrected chi connectivity index (χ3v) is 2.92. The van der Waals surface area contributed by atoms with Crippen molar-refractivity contribution in [3.63, 3.8) is 0 Å². The van der Waals surface area contributed by atoms with Gasteiger partial charge in [0, 0.05) is 23.0 Å². The van der Waals surface area contributed by atoms with Crippen molar-refractivity contribution in [1.29, 1.82) is 0 Å². The van der Waals surface area contributed by atoms with Crippen LogP contribution in [0, 0.1) is 6.92 Å². The maximum absolute atomic E-state index is 4.44. The van der Waals surface area contributed by atoms with Gasteiger partial charge in [-0.3, -0.25) is 0 Å². The molecule has 0 unspecified atom stereocenters. The van der Waals surface area contributed by atoms with E-state index in [2.05, 4.69) is 36.5 Å². The standard InChI is InChI=1S/C11H20N2S/c1-9-8-14-10(13-9)6-5-7-12-11(2,3)4/h8,12H,5-7H2,1-4H3. The minimum atomic E-state index is 0.235. The molecule has 2 nitrogen and oxygen atoms in total. The van der Waals surface area contributed by atoms with Gasteiger partial charge in [0.15, 0.2) is 0 Å². The third-order valence-electron chi connectivity index (χ3n) is 1.89. The predicted molar refractivity (Wildman–Crippen MR) is 62.9 cm³/mol. The van der Waals surface area contributed by atoms with Crippen molar-refractivity contribution in [1.82, 2.24) is 10.3 Å². The topological polar surface area (TPSA) is 24.9 Å². The van der Waals surface area contributed by atoms with E-state index < -0.39 is 0 Å². The Labute approximate surface area is 90.8 Å². The Morgan fingerprint density at radius 1 is 1.43 bits per heavy atom. The second-order valence-corrected chi connectivity index (χ2v) is 5.61. The zero-order valence-corrected chi connectivity index (χ0v) is 10.4. The van der Waals surface area contributed by atoms with Gasteiger partial charge >= 0.3 is 0 Å². The number of nitrogens with zero attached hydrogens (tertiary/aromatic N) is 1. The number of nitrogens with one attached hydrogen (secondary N) is 1. The average Bonchev–Trinajstić information content (AvgIpc) is 2.44. The molecule has 80 valence electrons. The molecule has 0 aromatic carbocycles. The first-order valence-corrected chi connectivity index (χ1v) is 6.01. The summed E-state index contributed by atoms with van der Waals surface area (Å²) in [7, 11) is 0. The van der Waals surface area contributed by atoms with Crippen LogP contribution in [0.3, 0.4) is 0 Å². The van der Waals surface area contributed by atoms with Crippen LogP contribution in [0.5, 0.6) is 0 Å². The minimum absolute atomic E-state index is 0.235. The molecule has 0 fully saturated rings. The summed E-state index contributed by atoms with van der Waals surface area (Å²) in [6, 6.07) is 0. The second kappa shape index (κ2) is 4.89. The molecule has 1 aromatic rings. The van der Waals surface area contributed by atoms with Gasteiger partial charge in [-0.05, 0) is 40.7 Å². The van der Waals surface area contributed by atoms with Crippen molar-refractivity contribution in [2.75, 3.05) is 6.54 Å². The van der Waals surface area contributed by atoms with E-state index in [1.54, 1.807) is 11.3 Å². The van der Waals surface area contributed by atoms with Gasteiger partial charge in [0.05, 0.1) is 5.01 Å². The minimum Gasteiger partial charge on any atom is -0.312 e. The first-order valence-electron chi connectivity index (χ1n) is 5.13. The maximum Gasteiger partial charge on any atom is 0.0928 e. The molecule has 1 heterocycles. The number of aryl methyl sites for hydroxylation is 2. The van der Waals surface area contributed by atoms with Crippen LogP contribution < -0.4 is 5.32 Å². The molecule has 1 aromatic heterocycles. The molecule has 1 N–H and O–H groups in total. The monoisotopic (exact) mass is 212 g/mol. The normalized spacial score (nSPS) is 12.0. The molecule has 0 aliphatic rings. The molecular formula is C11H20N2S. The summed E-state index contributed by atoms with van der Waals surface area (Å²) in [5, 5.41) is 6.86. The van der Waals surface area contributed by atoms with Crippen molar-refractivity contribution in [2.45, 2.75) is 46.1 Å². The average molecular weight is 212 g/mol. The smallest absolute Gasteiger partial charge is 0.0928 e. The molecule has 0 aliphatic carbocycles. The number of aromatic nitrogens is 1. The van der Waals surface area contributed by atoms with Gasteiger partial charge in [-0.1, -0.05) is 0 Å². The molecule has 0 spiro atoms. The zero-order chi connectivity index (χ0) is 10.6. The van der Waals surface area contributed by atoms with E-state index >= 15 is 0 Å². The first-order chi connectivity index (χ1) is 6.47. The molecule has 3 heteroatoms. The van der Waals surface area contributed by atoms with Crippen LogP contribution in [0.2, 0.25) is 0 Å². The SMILES string of the molecule is Cc1csc(CCCNC(C)(C)C)n1. The number of thiazole rings is 1. The van der Waals surface area contributed by atoms with Gasteiger partial charge in [-0.15, -0.1) is 11.3 Å². The predicted octanol–water partition coefficient (Wildman–Crippen LogP) is 2.77. The molecule has 0 amide bonds. The Bertz CT molecular complexity index is 273. The van der Waals surface area contributed by atoms with E-state index in [0.29, 0.717) is 0 Å². The Morgan fingerprint density at radius 3 is 2.64 bits per heavy atom. The van der Waals surface area contributed by atoms with Crippen LogP contribution in [0.4, 0.5) is 0 Å². The van der Waals surface area contributed by atoms with Crippen molar-refractivity contribution < 1.29 is 0 Å². The van der Waals surface area contributed by atoms with Crippen LogP contribution in [-0.4, -0.2) is 17.1 Å². The van der Waals surface area contributed by atoms with Gasteiger partial charge in [0.1, 0.15) is 0 Å². The summed E-state index contributed by atoms with van der Waals surface area (Å²) < 4.78 is 0. The Hall–Kier alpha value is -0.410. The van der Waals surface area contributed by atoms with E-state index in [1.807, 2.05) is 6.92 Å². The molecule has 0 atom stereocenters. The summed E-state index contributed by atoms with van der Waals surface area (Å²) in [5.41, 5.74) is 1.38. The van der Waals surface area contributed by atoms with Gasteiger partial charge in [0.25, 0.3) is 0 Å².